The fraction of sp³-hybridized carbons (Fsp3) is 0.167. The fourth-order valence-electron chi connectivity index (χ4n) is 2.00. The molecular weight excluding hydrogens is 397 g/mol. The van der Waals surface area contributed by atoms with Crippen molar-refractivity contribution in [1.29, 1.82) is 0 Å². The molecule has 0 saturated heterocycles. The predicted octanol–water partition coefficient (Wildman–Crippen LogP) is 4.91. The van der Waals surface area contributed by atoms with E-state index in [1.54, 1.807) is 42.5 Å². The summed E-state index contributed by atoms with van der Waals surface area (Å²) in [5.74, 6) is -0.456. The van der Waals surface area contributed by atoms with E-state index in [1.165, 1.54) is 6.21 Å². The van der Waals surface area contributed by atoms with Gasteiger partial charge in [0.05, 0.1) is 11.2 Å². The van der Waals surface area contributed by atoms with Crippen LogP contribution in [0.1, 0.15) is 24.8 Å². The number of halogens is 3. The zero-order chi connectivity index (χ0) is 18.9. The first kappa shape index (κ1) is 20.2. The molecule has 2 aromatic rings. The first-order valence-electron chi connectivity index (χ1n) is 7.76. The van der Waals surface area contributed by atoms with Crippen molar-refractivity contribution < 1.29 is 9.59 Å². The maximum atomic E-state index is 11.8. The van der Waals surface area contributed by atoms with Crippen LogP contribution in [0.5, 0.6) is 0 Å². The molecular formula is C18H16Cl3N3O2. The van der Waals surface area contributed by atoms with Crippen LogP contribution in [0, 0.1) is 0 Å². The topological polar surface area (TPSA) is 70.6 Å². The van der Waals surface area contributed by atoms with Crippen LogP contribution in [0.25, 0.3) is 0 Å². The zero-order valence-corrected chi connectivity index (χ0v) is 15.9. The number of carbonyl (C=O) groups is 2. The number of hydrogen-bond donors (Lipinski definition) is 2. The Morgan fingerprint density at radius 2 is 1.58 bits per heavy atom. The minimum absolute atomic E-state index is 0.170. The third kappa shape index (κ3) is 7.04. The van der Waals surface area contributed by atoms with Crippen LogP contribution in [0.4, 0.5) is 5.69 Å². The van der Waals surface area contributed by atoms with E-state index in [0.717, 1.165) is 0 Å². The number of rotatable bonds is 7. The molecule has 2 amide bonds. The van der Waals surface area contributed by atoms with Crippen LogP contribution in [0.3, 0.4) is 0 Å². The van der Waals surface area contributed by atoms with Gasteiger partial charge in [-0.3, -0.25) is 9.59 Å². The molecule has 0 fully saturated rings. The Bertz CT molecular complexity index is 808. The number of hydrazone groups is 1. The average Bonchev–Trinajstić information content (AvgIpc) is 2.59. The summed E-state index contributed by atoms with van der Waals surface area (Å²) in [4.78, 5) is 23.5. The molecule has 0 heterocycles. The predicted molar refractivity (Wildman–Crippen MR) is 106 cm³/mol. The Morgan fingerprint density at radius 1 is 0.923 bits per heavy atom. The lowest BCUT2D eigenvalue weighted by molar-refractivity contribution is -0.121. The summed E-state index contributed by atoms with van der Waals surface area (Å²) in [5, 5.41) is 8.13. The monoisotopic (exact) mass is 411 g/mol. The van der Waals surface area contributed by atoms with Crippen LogP contribution >= 0.6 is 34.8 Å². The van der Waals surface area contributed by atoms with Gasteiger partial charge < -0.3 is 5.32 Å². The number of carbonyl (C=O) groups excluding carboxylic acids is 2. The standard InChI is InChI=1S/C18H16Cl3N3O2/c19-13-6-8-15(9-7-13)23-17(25)2-1-3-18(26)24-22-11-12-4-5-14(20)10-16(12)21/h4-11H,1-3H2,(H,23,25)(H,24,26)/b22-11+. The van der Waals surface area contributed by atoms with E-state index < -0.39 is 0 Å². The van der Waals surface area contributed by atoms with Crippen molar-refractivity contribution in [3.05, 3.63) is 63.1 Å². The van der Waals surface area contributed by atoms with E-state index in [4.69, 9.17) is 34.8 Å². The van der Waals surface area contributed by atoms with E-state index in [-0.39, 0.29) is 24.7 Å². The Morgan fingerprint density at radius 3 is 2.27 bits per heavy atom. The van der Waals surface area contributed by atoms with Gasteiger partial charge in [0.2, 0.25) is 11.8 Å². The summed E-state index contributed by atoms with van der Waals surface area (Å²) in [5.41, 5.74) is 3.69. The second-order valence-electron chi connectivity index (χ2n) is 5.37. The normalized spacial score (nSPS) is 10.7. The lowest BCUT2D eigenvalue weighted by Crippen LogP contribution is -2.18. The first-order valence-corrected chi connectivity index (χ1v) is 8.90. The van der Waals surface area contributed by atoms with Crippen molar-refractivity contribution in [3.8, 4) is 0 Å². The van der Waals surface area contributed by atoms with Gasteiger partial charge in [0, 0.05) is 34.1 Å². The molecule has 0 aliphatic carbocycles. The smallest absolute Gasteiger partial charge is 0.240 e. The minimum Gasteiger partial charge on any atom is -0.326 e. The van der Waals surface area contributed by atoms with Crippen LogP contribution in [0.2, 0.25) is 15.1 Å². The molecule has 0 unspecified atom stereocenters. The lowest BCUT2D eigenvalue weighted by atomic mass is 10.2. The second-order valence-corrected chi connectivity index (χ2v) is 6.65. The zero-order valence-electron chi connectivity index (χ0n) is 13.6. The molecule has 2 N–H and O–H groups in total. The molecule has 0 aliphatic heterocycles. The van der Waals surface area contributed by atoms with Crippen molar-refractivity contribution in [2.24, 2.45) is 5.10 Å². The SMILES string of the molecule is O=C(CCCC(=O)Nc1ccc(Cl)cc1)N/N=C/c1ccc(Cl)cc1Cl. The summed E-state index contributed by atoms with van der Waals surface area (Å²) in [6.07, 6.45) is 2.24. The molecule has 0 bridgehead atoms. The maximum absolute atomic E-state index is 11.8. The van der Waals surface area contributed by atoms with Crippen molar-refractivity contribution in [2.45, 2.75) is 19.3 Å². The van der Waals surface area contributed by atoms with Gasteiger partial charge in [-0.15, -0.1) is 0 Å². The van der Waals surface area contributed by atoms with Crippen LogP contribution < -0.4 is 10.7 Å². The molecule has 136 valence electrons. The van der Waals surface area contributed by atoms with Crippen molar-refractivity contribution >= 4 is 58.5 Å². The molecule has 8 heteroatoms. The van der Waals surface area contributed by atoms with E-state index >= 15 is 0 Å². The highest BCUT2D eigenvalue weighted by atomic mass is 35.5. The number of hydrogen-bond acceptors (Lipinski definition) is 3. The fourth-order valence-corrected chi connectivity index (χ4v) is 2.59. The molecule has 2 rings (SSSR count). The Kier molecular flexibility index (Phi) is 7.91. The summed E-state index contributed by atoms with van der Waals surface area (Å²) in [7, 11) is 0. The highest BCUT2D eigenvalue weighted by Gasteiger charge is 2.05. The van der Waals surface area contributed by atoms with E-state index in [2.05, 4.69) is 15.8 Å². The molecule has 0 atom stereocenters. The van der Waals surface area contributed by atoms with Gasteiger partial charge >= 0.3 is 0 Å². The quantitative estimate of drug-likeness (QED) is 0.501. The molecule has 0 aromatic heterocycles. The molecule has 26 heavy (non-hydrogen) atoms. The van der Waals surface area contributed by atoms with Crippen molar-refractivity contribution in [2.75, 3.05) is 5.32 Å². The second kappa shape index (κ2) is 10.2. The molecule has 0 saturated carbocycles. The van der Waals surface area contributed by atoms with Gasteiger partial charge in [-0.1, -0.05) is 40.9 Å². The van der Waals surface area contributed by atoms with Gasteiger partial charge in [-0.05, 0) is 42.8 Å². The van der Waals surface area contributed by atoms with Gasteiger partial charge in [-0.2, -0.15) is 5.10 Å². The van der Waals surface area contributed by atoms with Gasteiger partial charge in [-0.25, -0.2) is 5.43 Å². The third-order valence-corrected chi connectivity index (χ3v) is 4.11. The van der Waals surface area contributed by atoms with Crippen LogP contribution in [-0.4, -0.2) is 18.0 Å². The van der Waals surface area contributed by atoms with Gasteiger partial charge in [0.25, 0.3) is 0 Å². The molecule has 2 aromatic carbocycles. The Labute approximate surface area is 166 Å². The van der Waals surface area contributed by atoms with Crippen molar-refractivity contribution in [3.63, 3.8) is 0 Å². The van der Waals surface area contributed by atoms with Gasteiger partial charge in [0.1, 0.15) is 0 Å². The van der Waals surface area contributed by atoms with E-state index in [0.29, 0.717) is 32.7 Å². The van der Waals surface area contributed by atoms with Gasteiger partial charge in [0.15, 0.2) is 0 Å². The maximum Gasteiger partial charge on any atom is 0.240 e. The first-order chi connectivity index (χ1) is 12.4. The lowest BCUT2D eigenvalue weighted by Gasteiger charge is -2.05. The molecule has 0 radical (unpaired) electrons. The molecule has 0 aliphatic rings. The van der Waals surface area contributed by atoms with E-state index in [9.17, 15) is 9.59 Å². The highest BCUT2D eigenvalue weighted by molar-refractivity contribution is 6.36. The summed E-state index contributed by atoms with van der Waals surface area (Å²) in [6.45, 7) is 0. The third-order valence-electron chi connectivity index (χ3n) is 3.29. The summed E-state index contributed by atoms with van der Waals surface area (Å²) in [6, 6.07) is 11.8. The number of anilines is 1. The summed E-state index contributed by atoms with van der Waals surface area (Å²) < 4.78 is 0. The highest BCUT2D eigenvalue weighted by Crippen LogP contribution is 2.19. The summed E-state index contributed by atoms with van der Waals surface area (Å²) >= 11 is 17.6. The number of benzene rings is 2. The number of amides is 2. The van der Waals surface area contributed by atoms with Crippen LogP contribution in [-0.2, 0) is 9.59 Å². The average molecular weight is 413 g/mol. The Balaban J connectivity index is 1.69. The van der Waals surface area contributed by atoms with Crippen molar-refractivity contribution in [1.82, 2.24) is 5.43 Å². The minimum atomic E-state index is -0.286. The Hall–Kier alpha value is -2.08. The number of nitrogens with one attached hydrogen (secondary N) is 2. The van der Waals surface area contributed by atoms with Crippen LogP contribution in [0.15, 0.2) is 47.6 Å². The molecule has 5 nitrogen and oxygen atoms in total. The number of nitrogens with zero attached hydrogens (tertiary/aromatic N) is 1. The largest absolute Gasteiger partial charge is 0.326 e. The molecule has 0 spiro atoms. The van der Waals surface area contributed by atoms with E-state index in [1.807, 2.05) is 0 Å².